The Balaban J connectivity index is 1.26. The third kappa shape index (κ3) is 5.35. The summed E-state index contributed by atoms with van der Waals surface area (Å²) in [5.74, 6) is -0.784. The molecule has 2 saturated carbocycles. The quantitative estimate of drug-likeness (QED) is 0.328. The van der Waals surface area contributed by atoms with E-state index in [0.717, 1.165) is 63.3 Å². The number of carbonyl (C=O) groups excluding carboxylic acids is 1. The topological polar surface area (TPSA) is 75.6 Å². The molecule has 1 aromatic heterocycles. The van der Waals surface area contributed by atoms with Crippen molar-refractivity contribution in [2.45, 2.75) is 71.9 Å². The van der Waals surface area contributed by atoms with Crippen molar-refractivity contribution in [3.8, 4) is 16.9 Å². The molecular weight excluding hydrogens is 501 g/mol. The summed E-state index contributed by atoms with van der Waals surface area (Å²) in [4.78, 5) is 26.6. The highest BCUT2D eigenvalue weighted by Crippen LogP contribution is 2.58. The van der Waals surface area contributed by atoms with Gasteiger partial charge in [-0.1, -0.05) is 24.3 Å². The Labute approximate surface area is 227 Å². The van der Waals surface area contributed by atoms with Crippen LogP contribution in [0.3, 0.4) is 0 Å². The summed E-state index contributed by atoms with van der Waals surface area (Å²) in [6.45, 7) is 7.87. The van der Waals surface area contributed by atoms with Crippen molar-refractivity contribution in [2.75, 3.05) is 0 Å². The second-order valence-corrected chi connectivity index (χ2v) is 12.7. The second-order valence-electron chi connectivity index (χ2n) is 11.3. The van der Waals surface area contributed by atoms with Crippen LogP contribution in [0.25, 0.3) is 11.1 Å². The standard InChI is InChI=1S/C31H34FNO4S/c1-17(2)37-26-11-22(10-24(32)12-26)21-7-5-20(6-8-21)9-27-18(3)38-19(4)28(27)29(34)33-25-15-31(16-25)13-23(14-31)30(35)36/h5-8,10-12,17,23,25H,9,13-16H2,1-4H3,(H,33,34)(H,35,36). The highest BCUT2D eigenvalue weighted by atomic mass is 32.1. The lowest BCUT2D eigenvalue weighted by atomic mass is 9.50. The molecule has 200 valence electrons. The maximum atomic E-state index is 14.2. The SMILES string of the molecule is Cc1sc(C)c(C(=O)NC2CC3(C2)CC(C(=O)O)C3)c1Cc1ccc(-c2cc(F)cc(OC(C)C)c2)cc1. The van der Waals surface area contributed by atoms with Gasteiger partial charge in [-0.3, -0.25) is 9.59 Å². The van der Waals surface area contributed by atoms with Crippen LogP contribution in [-0.2, 0) is 11.2 Å². The fraction of sp³-hybridized carbons (Fsp3) is 0.419. The summed E-state index contributed by atoms with van der Waals surface area (Å²) in [5.41, 5.74) is 4.66. The van der Waals surface area contributed by atoms with E-state index in [0.29, 0.717) is 12.2 Å². The Hall–Kier alpha value is -3.19. The van der Waals surface area contributed by atoms with Crippen LogP contribution in [0.5, 0.6) is 5.75 Å². The van der Waals surface area contributed by atoms with E-state index in [4.69, 9.17) is 9.84 Å². The zero-order valence-electron chi connectivity index (χ0n) is 22.3. The van der Waals surface area contributed by atoms with Gasteiger partial charge in [0.05, 0.1) is 17.6 Å². The van der Waals surface area contributed by atoms with Crippen LogP contribution in [0.4, 0.5) is 4.39 Å². The second kappa shape index (κ2) is 10.2. The van der Waals surface area contributed by atoms with Gasteiger partial charge in [0, 0.05) is 21.9 Å². The predicted molar refractivity (Wildman–Crippen MR) is 147 cm³/mol. The number of nitrogens with one attached hydrogen (secondary N) is 1. The largest absolute Gasteiger partial charge is 0.491 e. The van der Waals surface area contributed by atoms with Crippen LogP contribution in [-0.4, -0.2) is 29.1 Å². The summed E-state index contributed by atoms with van der Waals surface area (Å²) >= 11 is 1.64. The fourth-order valence-electron chi connectivity index (χ4n) is 6.17. The Morgan fingerprint density at radius 1 is 1.05 bits per heavy atom. The number of halogens is 1. The molecule has 2 fully saturated rings. The molecule has 2 N–H and O–H groups in total. The number of aryl methyl sites for hydroxylation is 2. The van der Waals surface area contributed by atoms with E-state index < -0.39 is 5.97 Å². The number of carboxylic acid groups (broad SMARTS) is 1. The number of rotatable bonds is 8. The number of thiophene rings is 1. The zero-order chi connectivity index (χ0) is 27.2. The van der Waals surface area contributed by atoms with Crippen molar-refractivity contribution < 1.29 is 23.8 Å². The van der Waals surface area contributed by atoms with E-state index >= 15 is 0 Å². The van der Waals surface area contributed by atoms with Gasteiger partial charge in [-0.25, -0.2) is 4.39 Å². The van der Waals surface area contributed by atoms with Crippen LogP contribution in [0.1, 0.15) is 70.8 Å². The van der Waals surface area contributed by atoms with E-state index in [2.05, 4.69) is 12.2 Å². The summed E-state index contributed by atoms with van der Waals surface area (Å²) in [5, 5.41) is 12.4. The Morgan fingerprint density at radius 3 is 2.37 bits per heavy atom. The number of carbonyl (C=O) groups is 2. The van der Waals surface area contributed by atoms with E-state index in [1.165, 1.54) is 12.1 Å². The molecule has 2 aliphatic rings. The average Bonchev–Trinajstić information content (AvgIpc) is 3.06. The fourth-order valence-corrected chi connectivity index (χ4v) is 7.24. The highest BCUT2D eigenvalue weighted by molar-refractivity contribution is 7.12. The molecule has 7 heteroatoms. The van der Waals surface area contributed by atoms with Crippen LogP contribution < -0.4 is 10.1 Å². The van der Waals surface area contributed by atoms with Crippen LogP contribution in [0.2, 0.25) is 0 Å². The van der Waals surface area contributed by atoms with Gasteiger partial charge in [-0.15, -0.1) is 11.3 Å². The van der Waals surface area contributed by atoms with E-state index in [9.17, 15) is 14.0 Å². The van der Waals surface area contributed by atoms with Crippen LogP contribution in [0, 0.1) is 31.0 Å². The highest BCUT2D eigenvalue weighted by Gasteiger charge is 2.55. The lowest BCUT2D eigenvalue weighted by Crippen LogP contribution is -2.57. The molecule has 5 rings (SSSR count). The normalized spacial score (nSPS) is 22.2. The van der Waals surface area contributed by atoms with Crippen molar-refractivity contribution in [3.63, 3.8) is 0 Å². The number of aliphatic carboxylic acids is 1. The average molecular weight is 536 g/mol. The van der Waals surface area contributed by atoms with Gasteiger partial charge in [0.1, 0.15) is 11.6 Å². The van der Waals surface area contributed by atoms with Crippen LogP contribution in [0.15, 0.2) is 42.5 Å². The minimum atomic E-state index is -0.703. The molecule has 1 amide bonds. The van der Waals surface area contributed by atoms with E-state index in [1.807, 2.05) is 51.1 Å². The van der Waals surface area contributed by atoms with Crippen molar-refractivity contribution >= 4 is 23.2 Å². The maximum absolute atomic E-state index is 14.2. The minimum Gasteiger partial charge on any atom is -0.491 e. The molecule has 0 unspecified atom stereocenters. The van der Waals surface area contributed by atoms with Gasteiger partial charge in [0.15, 0.2) is 0 Å². The molecule has 0 radical (unpaired) electrons. The van der Waals surface area contributed by atoms with Crippen molar-refractivity contribution in [2.24, 2.45) is 11.3 Å². The molecule has 3 aromatic rings. The van der Waals surface area contributed by atoms with E-state index in [-0.39, 0.29) is 35.2 Å². The minimum absolute atomic E-state index is 0.0372. The van der Waals surface area contributed by atoms with Gasteiger partial charge < -0.3 is 15.2 Å². The molecule has 5 nitrogen and oxygen atoms in total. The molecule has 0 bridgehead atoms. The first-order chi connectivity index (χ1) is 18.0. The smallest absolute Gasteiger partial charge is 0.306 e. The third-order valence-corrected chi connectivity index (χ3v) is 8.99. The maximum Gasteiger partial charge on any atom is 0.306 e. The number of carboxylic acids is 1. The molecule has 0 atom stereocenters. The first-order valence-electron chi connectivity index (χ1n) is 13.2. The van der Waals surface area contributed by atoms with Gasteiger partial charge in [0.2, 0.25) is 0 Å². The molecular formula is C31H34FNO4S. The van der Waals surface area contributed by atoms with Crippen LogP contribution >= 0.6 is 11.3 Å². The van der Waals surface area contributed by atoms with Gasteiger partial charge in [-0.2, -0.15) is 0 Å². The third-order valence-electron chi connectivity index (χ3n) is 7.93. The summed E-state index contributed by atoms with van der Waals surface area (Å²) < 4.78 is 19.9. The van der Waals surface area contributed by atoms with Crippen molar-refractivity contribution in [1.82, 2.24) is 5.32 Å². The number of benzene rings is 2. The van der Waals surface area contributed by atoms with E-state index in [1.54, 1.807) is 11.3 Å². The summed E-state index contributed by atoms with van der Waals surface area (Å²) in [7, 11) is 0. The summed E-state index contributed by atoms with van der Waals surface area (Å²) in [6.07, 6.45) is 3.79. The monoisotopic (exact) mass is 535 g/mol. The molecule has 0 aliphatic heterocycles. The van der Waals surface area contributed by atoms with Gasteiger partial charge in [-0.05, 0) is 99.6 Å². The molecule has 1 heterocycles. The molecule has 0 saturated heterocycles. The first kappa shape index (κ1) is 26.4. The Kier molecular flexibility index (Phi) is 7.07. The molecule has 2 aliphatic carbocycles. The molecule has 38 heavy (non-hydrogen) atoms. The van der Waals surface area contributed by atoms with Crippen molar-refractivity contribution in [3.05, 3.63) is 74.7 Å². The number of hydrogen-bond acceptors (Lipinski definition) is 4. The lowest BCUT2D eigenvalue weighted by molar-refractivity contribution is -0.155. The van der Waals surface area contributed by atoms with Crippen molar-refractivity contribution in [1.29, 1.82) is 0 Å². The Bertz CT molecular complexity index is 1360. The molecule has 2 aromatic carbocycles. The lowest BCUT2D eigenvalue weighted by Gasteiger charge is -2.56. The Morgan fingerprint density at radius 2 is 1.74 bits per heavy atom. The number of hydrogen-bond donors (Lipinski definition) is 2. The number of ether oxygens (including phenoxy) is 1. The van der Waals surface area contributed by atoms with Gasteiger partial charge in [0.25, 0.3) is 5.91 Å². The summed E-state index contributed by atoms with van der Waals surface area (Å²) in [6, 6.07) is 12.9. The predicted octanol–water partition coefficient (Wildman–Crippen LogP) is 6.92. The van der Waals surface area contributed by atoms with Gasteiger partial charge >= 0.3 is 5.97 Å². The first-order valence-corrected chi connectivity index (χ1v) is 14.0. The molecule has 1 spiro atoms. The zero-order valence-corrected chi connectivity index (χ0v) is 23.1. The number of amides is 1.